The summed E-state index contributed by atoms with van der Waals surface area (Å²) in [5.41, 5.74) is 0. The van der Waals surface area contributed by atoms with E-state index < -0.39 is 37.4 Å². The molecule has 0 aromatic carbocycles. The molecule has 6 nitrogen and oxygen atoms in total. The largest absolute Gasteiger partial charge is 0.480 e. The lowest BCUT2D eigenvalue weighted by Crippen LogP contribution is -2.49. The van der Waals surface area contributed by atoms with Crippen molar-refractivity contribution in [2.45, 2.75) is 12.2 Å². The Labute approximate surface area is 82.1 Å². The zero-order chi connectivity index (χ0) is 12.1. The standard InChI is InChI=1S/C6H9F3N2O4/c7-6(8,9)2-10-5(15)11-3(1-12)4(13)14/h3,12H,1-2H2,(H,13,14)(H2,10,11,15)/t3-/m1/s1. The molecule has 1 atom stereocenters. The summed E-state index contributed by atoms with van der Waals surface area (Å²) in [5.74, 6) is -1.54. The lowest BCUT2D eigenvalue weighted by atomic mass is 10.3. The minimum atomic E-state index is -4.57. The molecule has 0 aromatic heterocycles. The fourth-order valence-electron chi connectivity index (χ4n) is 0.575. The normalized spacial score (nSPS) is 13.1. The number of carboxylic acids is 1. The summed E-state index contributed by atoms with van der Waals surface area (Å²) in [6.07, 6.45) is -4.57. The third-order valence-corrected chi connectivity index (χ3v) is 1.24. The highest BCUT2D eigenvalue weighted by Gasteiger charge is 2.28. The number of urea groups is 1. The highest BCUT2D eigenvalue weighted by Crippen LogP contribution is 2.11. The molecular weight excluding hydrogens is 221 g/mol. The molecular formula is C6H9F3N2O4. The molecule has 0 unspecified atom stereocenters. The lowest BCUT2D eigenvalue weighted by Gasteiger charge is -2.13. The average Bonchev–Trinajstić information content (AvgIpc) is 2.09. The van der Waals surface area contributed by atoms with E-state index in [1.807, 2.05) is 0 Å². The summed E-state index contributed by atoms with van der Waals surface area (Å²) < 4.78 is 34.8. The van der Waals surface area contributed by atoms with Crippen LogP contribution in [-0.2, 0) is 4.79 Å². The molecule has 0 radical (unpaired) electrons. The van der Waals surface area contributed by atoms with Crippen LogP contribution >= 0.6 is 0 Å². The second-order valence-electron chi connectivity index (χ2n) is 2.52. The first-order valence-electron chi connectivity index (χ1n) is 3.71. The number of aliphatic hydroxyl groups excluding tert-OH is 1. The Morgan fingerprint density at radius 3 is 2.20 bits per heavy atom. The fraction of sp³-hybridized carbons (Fsp3) is 0.667. The third-order valence-electron chi connectivity index (χ3n) is 1.24. The van der Waals surface area contributed by atoms with Crippen molar-refractivity contribution in [3.05, 3.63) is 0 Å². The summed E-state index contributed by atoms with van der Waals surface area (Å²) >= 11 is 0. The third kappa shape index (κ3) is 6.55. The van der Waals surface area contributed by atoms with Crippen LogP contribution in [0.2, 0.25) is 0 Å². The number of alkyl halides is 3. The highest BCUT2D eigenvalue weighted by atomic mass is 19.4. The maximum Gasteiger partial charge on any atom is 0.405 e. The number of hydrogen-bond donors (Lipinski definition) is 4. The summed E-state index contributed by atoms with van der Waals surface area (Å²) in [6.45, 7) is -2.48. The van der Waals surface area contributed by atoms with E-state index in [2.05, 4.69) is 0 Å². The number of aliphatic hydroxyl groups is 1. The van der Waals surface area contributed by atoms with Gasteiger partial charge in [0.2, 0.25) is 0 Å². The Kier molecular flexibility index (Phi) is 4.85. The molecule has 0 fully saturated rings. The second kappa shape index (κ2) is 5.39. The van der Waals surface area contributed by atoms with Crippen molar-refractivity contribution in [1.29, 1.82) is 0 Å². The molecule has 4 N–H and O–H groups in total. The molecule has 0 saturated carbocycles. The Balaban J connectivity index is 3.98. The van der Waals surface area contributed by atoms with Crippen molar-refractivity contribution in [1.82, 2.24) is 10.6 Å². The molecule has 0 heterocycles. The Hall–Kier alpha value is -1.51. The molecule has 9 heteroatoms. The van der Waals surface area contributed by atoms with Gasteiger partial charge in [0.25, 0.3) is 0 Å². The van der Waals surface area contributed by atoms with Gasteiger partial charge in [0.05, 0.1) is 6.61 Å². The van der Waals surface area contributed by atoms with Crippen LogP contribution in [0.3, 0.4) is 0 Å². The predicted molar refractivity (Wildman–Crippen MR) is 41.1 cm³/mol. The maximum absolute atomic E-state index is 11.6. The molecule has 0 aliphatic heterocycles. The monoisotopic (exact) mass is 230 g/mol. The van der Waals surface area contributed by atoms with Gasteiger partial charge in [0.1, 0.15) is 6.54 Å². The first kappa shape index (κ1) is 13.5. The van der Waals surface area contributed by atoms with Gasteiger partial charge in [-0.15, -0.1) is 0 Å². The van der Waals surface area contributed by atoms with Gasteiger partial charge in [-0.2, -0.15) is 13.2 Å². The van der Waals surface area contributed by atoms with Crippen molar-refractivity contribution < 1.29 is 33.0 Å². The van der Waals surface area contributed by atoms with Crippen LogP contribution < -0.4 is 10.6 Å². The molecule has 0 saturated heterocycles. The maximum atomic E-state index is 11.6. The van der Waals surface area contributed by atoms with E-state index in [4.69, 9.17) is 10.2 Å². The number of carbonyl (C=O) groups is 2. The lowest BCUT2D eigenvalue weighted by molar-refractivity contribution is -0.140. The van der Waals surface area contributed by atoms with Crippen LogP contribution in [0.4, 0.5) is 18.0 Å². The molecule has 0 aliphatic carbocycles. The van der Waals surface area contributed by atoms with E-state index in [1.165, 1.54) is 5.32 Å². The van der Waals surface area contributed by atoms with E-state index in [0.29, 0.717) is 0 Å². The summed E-state index contributed by atoms with van der Waals surface area (Å²) in [6, 6.07) is -2.94. The van der Waals surface area contributed by atoms with Crippen molar-refractivity contribution in [2.24, 2.45) is 0 Å². The van der Waals surface area contributed by atoms with Crippen LogP contribution in [0.25, 0.3) is 0 Å². The van der Waals surface area contributed by atoms with Gasteiger partial charge in [-0.3, -0.25) is 0 Å². The smallest absolute Gasteiger partial charge is 0.405 e. The first-order valence-corrected chi connectivity index (χ1v) is 3.71. The molecule has 0 bridgehead atoms. The number of halogens is 3. The van der Waals surface area contributed by atoms with E-state index in [0.717, 1.165) is 0 Å². The zero-order valence-electron chi connectivity index (χ0n) is 7.34. The number of aliphatic carboxylic acids is 1. The van der Waals surface area contributed by atoms with Gasteiger partial charge in [-0.25, -0.2) is 9.59 Å². The molecule has 0 spiro atoms. The summed E-state index contributed by atoms with van der Waals surface area (Å²) in [7, 11) is 0. The number of carboxylic acid groups (broad SMARTS) is 1. The number of carbonyl (C=O) groups excluding carboxylic acids is 1. The van der Waals surface area contributed by atoms with Gasteiger partial charge < -0.3 is 20.8 Å². The van der Waals surface area contributed by atoms with Gasteiger partial charge in [0.15, 0.2) is 6.04 Å². The number of amides is 2. The van der Waals surface area contributed by atoms with Gasteiger partial charge in [-0.05, 0) is 0 Å². The van der Waals surface area contributed by atoms with E-state index in [9.17, 15) is 22.8 Å². The van der Waals surface area contributed by atoms with E-state index in [-0.39, 0.29) is 0 Å². The fourth-order valence-corrected chi connectivity index (χ4v) is 0.575. The van der Waals surface area contributed by atoms with Gasteiger partial charge >= 0.3 is 18.2 Å². The minimum absolute atomic E-state index is 0.908. The van der Waals surface area contributed by atoms with Crippen LogP contribution in [0.1, 0.15) is 0 Å². The quantitative estimate of drug-likeness (QED) is 0.513. The SMILES string of the molecule is O=C(NCC(F)(F)F)N[C@H](CO)C(=O)O. The minimum Gasteiger partial charge on any atom is -0.480 e. The van der Waals surface area contributed by atoms with Gasteiger partial charge in [-0.1, -0.05) is 0 Å². The molecule has 2 amide bonds. The molecule has 88 valence electrons. The Morgan fingerprint density at radius 2 is 1.87 bits per heavy atom. The van der Waals surface area contributed by atoms with E-state index in [1.54, 1.807) is 5.32 Å². The summed E-state index contributed by atoms with van der Waals surface area (Å²) in [4.78, 5) is 20.9. The Bertz CT molecular complexity index is 243. The summed E-state index contributed by atoms with van der Waals surface area (Å²) in [5, 5.41) is 19.8. The highest BCUT2D eigenvalue weighted by molar-refractivity contribution is 5.82. The van der Waals surface area contributed by atoms with Gasteiger partial charge in [0, 0.05) is 0 Å². The topological polar surface area (TPSA) is 98.7 Å². The van der Waals surface area contributed by atoms with E-state index >= 15 is 0 Å². The molecule has 0 rings (SSSR count). The van der Waals surface area contributed by atoms with Crippen molar-refractivity contribution in [3.8, 4) is 0 Å². The molecule has 15 heavy (non-hydrogen) atoms. The Morgan fingerprint density at radius 1 is 1.33 bits per heavy atom. The van der Waals surface area contributed by atoms with Crippen molar-refractivity contribution in [3.63, 3.8) is 0 Å². The van der Waals surface area contributed by atoms with Crippen LogP contribution in [0, 0.1) is 0 Å². The number of nitrogens with one attached hydrogen (secondary N) is 2. The molecule has 0 aliphatic rings. The van der Waals surface area contributed by atoms with Crippen LogP contribution in [0.5, 0.6) is 0 Å². The first-order chi connectivity index (χ1) is 6.76. The molecule has 0 aromatic rings. The van der Waals surface area contributed by atoms with Crippen LogP contribution in [-0.4, -0.2) is 47.6 Å². The second-order valence-corrected chi connectivity index (χ2v) is 2.52. The number of hydrogen-bond acceptors (Lipinski definition) is 3. The number of rotatable bonds is 4. The zero-order valence-corrected chi connectivity index (χ0v) is 7.34. The average molecular weight is 230 g/mol. The van der Waals surface area contributed by atoms with Crippen molar-refractivity contribution in [2.75, 3.05) is 13.2 Å². The van der Waals surface area contributed by atoms with Crippen molar-refractivity contribution >= 4 is 12.0 Å². The van der Waals surface area contributed by atoms with Crippen LogP contribution in [0.15, 0.2) is 0 Å². The predicted octanol–water partition coefficient (Wildman–Crippen LogP) is -0.707.